The van der Waals surface area contributed by atoms with Crippen LogP contribution in [0.1, 0.15) is 25.4 Å². The summed E-state index contributed by atoms with van der Waals surface area (Å²) < 4.78 is 5.29. The summed E-state index contributed by atoms with van der Waals surface area (Å²) in [6.07, 6.45) is 1.85. The standard InChI is InChI=1S/C10H19N3O/c1-8-12-6-9(13-8)5-11-7-10(2,3)14-4/h6,11H,5,7H2,1-4H3,(H,12,13). The van der Waals surface area contributed by atoms with Crippen molar-refractivity contribution in [2.75, 3.05) is 13.7 Å². The van der Waals surface area contributed by atoms with E-state index >= 15 is 0 Å². The van der Waals surface area contributed by atoms with Crippen molar-refractivity contribution in [2.45, 2.75) is 32.9 Å². The lowest BCUT2D eigenvalue weighted by Gasteiger charge is -2.22. The highest BCUT2D eigenvalue weighted by atomic mass is 16.5. The fourth-order valence-corrected chi connectivity index (χ4v) is 1.13. The molecule has 1 rings (SSSR count). The van der Waals surface area contributed by atoms with Gasteiger partial charge in [-0.1, -0.05) is 0 Å². The van der Waals surface area contributed by atoms with Crippen LogP contribution < -0.4 is 5.32 Å². The molecule has 0 aromatic carbocycles. The van der Waals surface area contributed by atoms with Crippen LogP contribution in [0.2, 0.25) is 0 Å². The largest absolute Gasteiger partial charge is 0.377 e. The molecule has 0 aliphatic carbocycles. The minimum Gasteiger partial charge on any atom is -0.377 e. The van der Waals surface area contributed by atoms with Gasteiger partial charge in [-0.3, -0.25) is 0 Å². The van der Waals surface area contributed by atoms with Crippen molar-refractivity contribution in [2.24, 2.45) is 0 Å². The topological polar surface area (TPSA) is 49.9 Å². The van der Waals surface area contributed by atoms with Gasteiger partial charge >= 0.3 is 0 Å². The molecule has 0 aliphatic heterocycles. The molecule has 0 amide bonds. The second-order valence-electron chi connectivity index (χ2n) is 4.06. The van der Waals surface area contributed by atoms with Gasteiger partial charge in [0.1, 0.15) is 5.82 Å². The molecule has 0 aliphatic rings. The predicted molar refractivity (Wildman–Crippen MR) is 56.1 cm³/mol. The maximum absolute atomic E-state index is 5.29. The van der Waals surface area contributed by atoms with Crippen LogP contribution in [0.4, 0.5) is 0 Å². The third kappa shape index (κ3) is 3.47. The zero-order valence-electron chi connectivity index (χ0n) is 9.35. The van der Waals surface area contributed by atoms with Crippen molar-refractivity contribution in [3.05, 3.63) is 17.7 Å². The van der Waals surface area contributed by atoms with Crippen LogP contribution in [0.3, 0.4) is 0 Å². The van der Waals surface area contributed by atoms with E-state index < -0.39 is 0 Å². The highest BCUT2D eigenvalue weighted by molar-refractivity contribution is 4.99. The van der Waals surface area contributed by atoms with Gasteiger partial charge in [0.25, 0.3) is 0 Å². The average Bonchev–Trinajstić information content (AvgIpc) is 2.51. The summed E-state index contributed by atoms with van der Waals surface area (Å²) in [4.78, 5) is 7.29. The summed E-state index contributed by atoms with van der Waals surface area (Å²) >= 11 is 0. The summed E-state index contributed by atoms with van der Waals surface area (Å²) in [5, 5.41) is 3.31. The molecule has 0 atom stereocenters. The molecule has 0 saturated carbocycles. The molecule has 2 N–H and O–H groups in total. The van der Waals surface area contributed by atoms with Crippen LogP contribution in [0.25, 0.3) is 0 Å². The van der Waals surface area contributed by atoms with Crippen LogP contribution in [-0.4, -0.2) is 29.2 Å². The molecule has 0 bridgehead atoms. The summed E-state index contributed by atoms with van der Waals surface area (Å²) in [7, 11) is 1.72. The molecule has 0 saturated heterocycles. The molecule has 1 aromatic heterocycles. The Morgan fingerprint density at radius 1 is 1.57 bits per heavy atom. The van der Waals surface area contributed by atoms with E-state index in [1.54, 1.807) is 7.11 Å². The molecule has 0 radical (unpaired) electrons. The van der Waals surface area contributed by atoms with Gasteiger partial charge in [-0.15, -0.1) is 0 Å². The van der Waals surface area contributed by atoms with E-state index in [2.05, 4.69) is 29.1 Å². The number of hydrogen-bond acceptors (Lipinski definition) is 3. The highest BCUT2D eigenvalue weighted by Gasteiger charge is 2.15. The van der Waals surface area contributed by atoms with Crippen LogP contribution in [0, 0.1) is 6.92 Å². The summed E-state index contributed by atoms with van der Waals surface area (Å²) in [6.45, 7) is 7.67. The number of rotatable bonds is 5. The summed E-state index contributed by atoms with van der Waals surface area (Å²) in [5.74, 6) is 0.952. The van der Waals surface area contributed by atoms with Gasteiger partial charge in [0.2, 0.25) is 0 Å². The molecule has 0 unspecified atom stereocenters. The van der Waals surface area contributed by atoms with Crippen LogP contribution >= 0.6 is 0 Å². The zero-order chi connectivity index (χ0) is 10.6. The number of aromatic nitrogens is 2. The SMILES string of the molecule is COC(C)(C)CNCc1cnc(C)[nH]1. The minimum absolute atomic E-state index is 0.116. The average molecular weight is 197 g/mol. The Morgan fingerprint density at radius 2 is 2.29 bits per heavy atom. The Kier molecular flexibility index (Phi) is 3.66. The van der Waals surface area contributed by atoms with Gasteiger partial charge in [0.15, 0.2) is 0 Å². The van der Waals surface area contributed by atoms with Crippen molar-refractivity contribution in [3.63, 3.8) is 0 Å². The molecule has 14 heavy (non-hydrogen) atoms. The molecule has 0 spiro atoms. The number of methoxy groups -OCH3 is 1. The van der Waals surface area contributed by atoms with E-state index in [0.717, 1.165) is 24.6 Å². The highest BCUT2D eigenvalue weighted by Crippen LogP contribution is 2.05. The van der Waals surface area contributed by atoms with E-state index in [9.17, 15) is 0 Å². The van der Waals surface area contributed by atoms with Gasteiger partial charge in [-0.2, -0.15) is 0 Å². The smallest absolute Gasteiger partial charge is 0.103 e. The van der Waals surface area contributed by atoms with Crippen molar-refractivity contribution in [3.8, 4) is 0 Å². The summed E-state index contributed by atoms with van der Waals surface area (Å²) in [6, 6.07) is 0. The van der Waals surface area contributed by atoms with Gasteiger partial charge < -0.3 is 15.0 Å². The minimum atomic E-state index is -0.116. The normalized spacial score (nSPS) is 12.0. The maximum atomic E-state index is 5.29. The third-order valence-electron chi connectivity index (χ3n) is 2.17. The number of imidazole rings is 1. The number of hydrogen-bond donors (Lipinski definition) is 2. The number of ether oxygens (including phenoxy) is 1. The second-order valence-corrected chi connectivity index (χ2v) is 4.06. The fourth-order valence-electron chi connectivity index (χ4n) is 1.13. The van der Waals surface area contributed by atoms with Crippen molar-refractivity contribution in [1.29, 1.82) is 0 Å². The van der Waals surface area contributed by atoms with E-state index in [4.69, 9.17) is 4.74 Å². The Balaban J connectivity index is 2.28. The number of nitrogens with one attached hydrogen (secondary N) is 2. The van der Waals surface area contributed by atoms with E-state index in [0.29, 0.717) is 0 Å². The van der Waals surface area contributed by atoms with E-state index in [1.165, 1.54) is 0 Å². The van der Waals surface area contributed by atoms with E-state index in [-0.39, 0.29) is 5.60 Å². The first-order valence-electron chi connectivity index (χ1n) is 4.80. The zero-order valence-corrected chi connectivity index (χ0v) is 9.35. The molecular formula is C10H19N3O. The molecular weight excluding hydrogens is 178 g/mol. The monoisotopic (exact) mass is 197 g/mol. The molecule has 4 nitrogen and oxygen atoms in total. The Bertz CT molecular complexity index is 281. The Hall–Kier alpha value is -0.870. The van der Waals surface area contributed by atoms with Crippen molar-refractivity contribution < 1.29 is 4.74 Å². The second kappa shape index (κ2) is 4.57. The number of aromatic amines is 1. The molecule has 80 valence electrons. The molecule has 1 heterocycles. The van der Waals surface area contributed by atoms with Gasteiger partial charge in [0, 0.05) is 32.1 Å². The first kappa shape index (κ1) is 11.2. The quantitative estimate of drug-likeness (QED) is 0.746. The first-order valence-corrected chi connectivity index (χ1v) is 4.80. The molecule has 1 aromatic rings. The number of nitrogens with zero attached hydrogens (tertiary/aromatic N) is 1. The van der Waals surface area contributed by atoms with Crippen molar-refractivity contribution >= 4 is 0 Å². The van der Waals surface area contributed by atoms with Crippen LogP contribution in [0.15, 0.2) is 6.20 Å². The predicted octanol–water partition coefficient (Wildman–Crippen LogP) is 1.23. The fraction of sp³-hybridized carbons (Fsp3) is 0.700. The molecule has 4 heteroatoms. The lowest BCUT2D eigenvalue weighted by molar-refractivity contribution is 0.0230. The molecule has 0 fully saturated rings. The first-order chi connectivity index (χ1) is 6.53. The summed E-state index contributed by atoms with van der Waals surface area (Å²) in [5.41, 5.74) is 0.990. The van der Waals surface area contributed by atoms with Crippen LogP contribution in [0.5, 0.6) is 0 Å². The Morgan fingerprint density at radius 3 is 2.79 bits per heavy atom. The number of H-pyrrole nitrogens is 1. The van der Waals surface area contributed by atoms with E-state index in [1.807, 2.05) is 13.1 Å². The van der Waals surface area contributed by atoms with Crippen molar-refractivity contribution in [1.82, 2.24) is 15.3 Å². The van der Waals surface area contributed by atoms with Gasteiger partial charge in [0.05, 0.1) is 5.60 Å². The lowest BCUT2D eigenvalue weighted by Crippen LogP contribution is -2.36. The lowest BCUT2D eigenvalue weighted by atomic mass is 10.1. The van der Waals surface area contributed by atoms with Gasteiger partial charge in [-0.25, -0.2) is 4.98 Å². The Labute approximate surface area is 85.1 Å². The number of aryl methyl sites for hydroxylation is 1. The van der Waals surface area contributed by atoms with Gasteiger partial charge in [-0.05, 0) is 20.8 Å². The third-order valence-corrected chi connectivity index (χ3v) is 2.17. The maximum Gasteiger partial charge on any atom is 0.103 e. The van der Waals surface area contributed by atoms with Crippen LogP contribution in [-0.2, 0) is 11.3 Å².